The maximum Gasteiger partial charge on any atom is 0.0481 e. The molecule has 3 aromatic carbocycles. The molecule has 2 atom stereocenters. The van der Waals surface area contributed by atoms with Crippen molar-refractivity contribution in [1.29, 1.82) is 0 Å². The molecule has 0 aliphatic rings. The third kappa shape index (κ3) is 6.37. The van der Waals surface area contributed by atoms with Gasteiger partial charge >= 0.3 is 0 Å². The predicted octanol–water partition coefficient (Wildman–Crippen LogP) is 8.11. The number of hydrogen-bond donors (Lipinski definition) is 0. The van der Waals surface area contributed by atoms with Crippen LogP contribution in [-0.2, 0) is 33.8 Å². The Balaban J connectivity index is 0.000000568. The third-order valence-corrected chi connectivity index (χ3v) is 7.66. The van der Waals surface area contributed by atoms with Crippen LogP contribution in [0.25, 0.3) is 11.1 Å². The van der Waals surface area contributed by atoms with Gasteiger partial charge < -0.3 is 30.3 Å². The van der Waals surface area contributed by atoms with Gasteiger partial charge in [-0.3, -0.25) is 9.97 Å². The van der Waals surface area contributed by atoms with Gasteiger partial charge in [0, 0.05) is 46.0 Å². The Morgan fingerprint density at radius 1 is 0.757 bits per heavy atom. The van der Waals surface area contributed by atoms with Gasteiger partial charge in [-0.15, -0.1) is 24.0 Å². The fraction of sp³-hybridized carbons (Fsp3) is 0.188. The van der Waals surface area contributed by atoms with Crippen LogP contribution in [0, 0.1) is 0 Å². The van der Waals surface area contributed by atoms with Crippen LogP contribution in [0.5, 0.6) is 0 Å². The van der Waals surface area contributed by atoms with E-state index in [1.54, 1.807) is 0 Å². The molecular weight excluding hydrogens is 530 g/mol. The Morgan fingerprint density at radius 2 is 1.24 bits per heavy atom. The normalized spacial score (nSPS) is 11.3. The van der Waals surface area contributed by atoms with Gasteiger partial charge in [0.05, 0.1) is 0 Å². The van der Waals surface area contributed by atoms with Crippen LogP contribution in [0.2, 0.25) is 0 Å². The second kappa shape index (κ2) is 12.9. The maximum atomic E-state index is 4.82. The minimum Gasteiger partial charge on any atom is -0.748 e. The van der Waals surface area contributed by atoms with E-state index in [0.29, 0.717) is 0 Å². The first-order valence-corrected chi connectivity index (χ1v) is 13.6. The van der Waals surface area contributed by atoms with Crippen molar-refractivity contribution in [2.75, 3.05) is 0 Å². The number of aromatic nitrogens is 2. The van der Waals surface area contributed by atoms with E-state index < -0.39 is 5.16 Å². The van der Waals surface area contributed by atoms with E-state index in [-0.39, 0.29) is 22.5 Å². The Kier molecular flexibility index (Phi) is 10.2. The molecule has 5 heteroatoms. The fourth-order valence-electron chi connectivity index (χ4n) is 4.68. The molecule has 0 saturated heterocycles. The zero-order valence-electron chi connectivity index (χ0n) is 21.6. The van der Waals surface area contributed by atoms with E-state index in [1.807, 2.05) is 54.9 Å². The molecule has 0 aliphatic heterocycles. The van der Waals surface area contributed by atoms with Crippen molar-refractivity contribution >= 4 is 18.5 Å². The summed E-state index contributed by atoms with van der Waals surface area (Å²) in [5.74, 6) is 0. The molecule has 37 heavy (non-hydrogen) atoms. The molecule has 0 aliphatic carbocycles. The van der Waals surface area contributed by atoms with Gasteiger partial charge in [0.25, 0.3) is 0 Å². The molecule has 2 aromatic heterocycles. The number of pyridine rings is 2. The van der Waals surface area contributed by atoms with Crippen molar-refractivity contribution in [1.82, 2.24) is 9.97 Å². The van der Waals surface area contributed by atoms with Crippen molar-refractivity contribution in [2.45, 2.75) is 37.5 Å². The topological polar surface area (TPSA) is 25.8 Å². The Bertz CT molecular complexity index is 1280. The van der Waals surface area contributed by atoms with Gasteiger partial charge in [0.1, 0.15) is 0 Å². The monoisotopic (exact) mass is 564 g/mol. The molecule has 0 saturated carbocycles. The summed E-state index contributed by atoms with van der Waals surface area (Å²) in [5.41, 5.74) is 8.41. The first-order chi connectivity index (χ1) is 17.4. The number of hydrogen-bond acceptors (Lipinski definition) is 2. The first-order valence-electron chi connectivity index (χ1n) is 12.2. The van der Waals surface area contributed by atoms with Crippen LogP contribution in [-0.4, -0.2) is 9.97 Å². The quantitative estimate of drug-likeness (QED) is 0.123. The molecule has 0 fully saturated rings. The molecule has 0 amide bonds. The zero-order valence-corrected chi connectivity index (χ0v) is 25.0. The molecule has 196 valence electrons. The minimum atomic E-state index is -0.566. The summed E-state index contributed by atoms with van der Waals surface area (Å²) in [7, 11) is 6.08. The summed E-state index contributed by atoms with van der Waals surface area (Å²) in [5, 5.41) is -0.566. The van der Waals surface area contributed by atoms with Gasteiger partial charge in [-0.05, 0) is 30.4 Å². The second-order valence-corrected chi connectivity index (χ2v) is 11.1. The molecule has 0 radical (unpaired) electrons. The first kappa shape index (κ1) is 29.2. The van der Waals surface area contributed by atoms with Crippen LogP contribution < -0.4 is 0 Å². The Hall–Kier alpha value is -2.40. The molecule has 0 spiro atoms. The van der Waals surface area contributed by atoms with Crippen molar-refractivity contribution in [3.8, 4) is 11.1 Å². The molecule has 5 aromatic rings. The van der Waals surface area contributed by atoms with Crippen molar-refractivity contribution in [3.05, 3.63) is 144 Å². The third-order valence-electron chi connectivity index (χ3n) is 6.37. The molecule has 0 bridgehead atoms. The van der Waals surface area contributed by atoms with E-state index in [1.165, 1.54) is 27.8 Å². The average Bonchev–Trinajstić information content (AvgIpc) is 3.62. The van der Waals surface area contributed by atoms with E-state index in [0.717, 1.165) is 17.5 Å². The zero-order chi connectivity index (χ0) is 25.6. The van der Waals surface area contributed by atoms with Gasteiger partial charge in [-0.2, -0.15) is 22.8 Å². The Labute approximate surface area is 237 Å². The molecule has 2 heterocycles. The number of nitrogens with zero attached hydrogens (tertiary/aromatic N) is 2. The summed E-state index contributed by atoms with van der Waals surface area (Å²) in [4.78, 5) is 9.64. The van der Waals surface area contributed by atoms with E-state index in [9.17, 15) is 0 Å². The van der Waals surface area contributed by atoms with E-state index >= 15 is 0 Å². The van der Waals surface area contributed by atoms with E-state index in [4.69, 9.17) is 9.97 Å². The smallest absolute Gasteiger partial charge is 0.0481 e. The maximum absolute atomic E-state index is 4.82. The van der Waals surface area contributed by atoms with Gasteiger partial charge in [0.15, 0.2) is 0 Å². The Morgan fingerprint density at radius 3 is 1.65 bits per heavy atom. The summed E-state index contributed by atoms with van der Waals surface area (Å²) in [6.45, 7) is 6.87. The van der Waals surface area contributed by atoms with Crippen LogP contribution in [0.15, 0.2) is 116 Å². The van der Waals surface area contributed by atoms with Gasteiger partial charge in [0.2, 0.25) is 0 Å². The van der Waals surface area contributed by atoms with Crippen molar-refractivity contribution < 1.29 is 17.1 Å². The van der Waals surface area contributed by atoms with Gasteiger partial charge in [-0.1, -0.05) is 74.2 Å². The SMILES string of the molecule is CC(C)(C)[c-]1cc(-c2ccccc2)c(C(P)(c2ccccn2)c2ccccn2)c1CP.[Fe].[cH-]1[cH-][cH-][cH-][cH-]1. The van der Waals surface area contributed by atoms with E-state index in [2.05, 4.69) is 99.9 Å². The predicted molar refractivity (Wildman–Crippen MR) is 160 cm³/mol. The van der Waals surface area contributed by atoms with Crippen LogP contribution in [0.3, 0.4) is 0 Å². The molecular formula is C32H34FeN2P2-6. The number of rotatable bonds is 5. The number of benzene rings is 1. The summed E-state index contributed by atoms with van der Waals surface area (Å²) >= 11 is 0. The molecule has 2 unspecified atom stereocenters. The van der Waals surface area contributed by atoms with Crippen molar-refractivity contribution in [2.24, 2.45) is 0 Å². The second-order valence-electron chi connectivity index (χ2n) is 9.85. The fourth-order valence-corrected chi connectivity index (χ4v) is 5.77. The largest absolute Gasteiger partial charge is 0.748 e. The summed E-state index contributed by atoms with van der Waals surface area (Å²) < 4.78 is 0. The minimum absolute atomic E-state index is 0. The molecule has 2 nitrogen and oxygen atoms in total. The summed E-state index contributed by atoms with van der Waals surface area (Å²) in [6.07, 6.45) is 4.60. The standard InChI is InChI=1S/C27H29N2P2.C5H5.Fe/c1-26(2,3)22-17-20(19-11-5-4-6-12-19)25(21(22)18-30)27(31,23-13-7-9-15-28-23)24-14-8-10-16-29-24;1-2-4-5-3-1;/h4-17H,18,30-31H2,1-3H3;1-5H;/q-1;-5;. The van der Waals surface area contributed by atoms with Gasteiger partial charge in [-0.25, -0.2) is 0 Å². The van der Waals surface area contributed by atoms with Crippen molar-refractivity contribution in [3.63, 3.8) is 0 Å². The summed E-state index contributed by atoms with van der Waals surface area (Å²) in [6, 6.07) is 35.3. The van der Waals surface area contributed by atoms with Crippen LogP contribution >= 0.6 is 18.5 Å². The van der Waals surface area contributed by atoms with Crippen LogP contribution in [0.1, 0.15) is 48.8 Å². The molecule has 5 rings (SSSR count). The molecule has 0 N–H and O–H groups in total. The average molecular weight is 564 g/mol. The van der Waals surface area contributed by atoms with Crippen LogP contribution in [0.4, 0.5) is 0 Å².